The molecule has 2 atom stereocenters. The zero-order chi connectivity index (χ0) is 30.1. The zero-order valence-corrected chi connectivity index (χ0v) is 25.6. The normalized spacial score (nSPS) is 18.7. The number of ether oxygens (including phenoxy) is 2. The predicted molar refractivity (Wildman–Crippen MR) is 164 cm³/mol. The van der Waals surface area contributed by atoms with Crippen LogP contribution in [-0.2, 0) is 35.5 Å². The van der Waals surface area contributed by atoms with Gasteiger partial charge in [0.2, 0.25) is 15.9 Å². The molecule has 2 aromatic rings. The lowest BCUT2D eigenvalue weighted by molar-refractivity contribution is -0.145. The van der Waals surface area contributed by atoms with Gasteiger partial charge in [-0.05, 0) is 61.8 Å². The Labute approximate surface area is 253 Å². The van der Waals surface area contributed by atoms with Crippen molar-refractivity contribution in [3.63, 3.8) is 0 Å². The standard InChI is InChI=1S/C29H39N5O6S2/c1-21-5-11-24(12-6-21)42(37,38)34-14-3-4-26(34)27(35)32-25(28(36)39-2)20-22-7-9-23(10-8-22)31-29(41)30-13-15-33-16-18-40-19-17-33/h5-12,25-26H,3-4,13-20H2,1-2H3,(H,32,35)(H2,30,31,41)/t25-,26-/m0/s1. The fourth-order valence-electron chi connectivity index (χ4n) is 5.03. The third kappa shape index (κ3) is 8.48. The summed E-state index contributed by atoms with van der Waals surface area (Å²) in [7, 11) is -2.62. The van der Waals surface area contributed by atoms with Gasteiger partial charge in [0.15, 0.2) is 5.11 Å². The van der Waals surface area contributed by atoms with E-state index in [9.17, 15) is 18.0 Å². The van der Waals surface area contributed by atoms with Crippen LogP contribution < -0.4 is 16.0 Å². The van der Waals surface area contributed by atoms with E-state index in [1.54, 1.807) is 24.3 Å². The summed E-state index contributed by atoms with van der Waals surface area (Å²) < 4.78 is 38.1. The third-order valence-electron chi connectivity index (χ3n) is 7.41. The van der Waals surface area contributed by atoms with Crippen LogP contribution in [0.3, 0.4) is 0 Å². The monoisotopic (exact) mass is 617 g/mol. The fourth-order valence-corrected chi connectivity index (χ4v) is 6.90. The fraction of sp³-hybridized carbons (Fsp3) is 0.483. The molecule has 0 aliphatic carbocycles. The molecule has 4 rings (SSSR count). The molecule has 13 heteroatoms. The van der Waals surface area contributed by atoms with E-state index in [4.69, 9.17) is 21.7 Å². The zero-order valence-electron chi connectivity index (χ0n) is 24.0. The van der Waals surface area contributed by atoms with E-state index in [0.29, 0.717) is 18.0 Å². The van der Waals surface area contributed by atoms with Gasteiger partial charge >= 0.3 is 5.97 Å². The van der Waals surface area contributed by atoms with Crippen LogP contribution in [0.25, 0.3) is 0 Å². The molecule has 0 bridgehead atoms. The molecule has 3 N–H and O–H groups in total. The van der Waals surface area contributed by atoms with Crippen molar-refractivity contribution in [3.05, 3.63) is 59.7 Å². The molecule has 2 saturated heterocycles. The summed E-state index contributed by atoms with van der Waals surface area (Å²) in [5.74, 6) is -1.13. The highest BCUT2D eigenvalue weighted by Crippen LogP contribution is 2.26. The number of methoxy groups -OCH3 is 1. The van der Waals surface area contributed by atoms with Crippen LogP contribution in [0.2, 0.25) is 0 Å². The van der Waals surface area contributed by atoms with Crippen molar-refractivity contribution in [2.75, 3.05) is 58.4 Å². The van der Waals surface area contributed by atoms with Gasteiger partial charge in [-0.15, -0.1) is 0 Å². The Morgan fingerprint density at radius 2 is 1.76 bits per heavy atom. The van der Waals surface area contributed by atoms with Crippen LogP contribution in [0.1, 0.15) is 24.0 Å². The lowest BCUT2D eigenvalue weighted by Crippen LogP contribution is -2.51. The number of sulfonamides is 1. The van der Waals surface area contributed by atoms with Gasteiger partial charge in [0.05, 0.1) is 25.2 Å². The van der Waals surface area contributed by atoms with Crippen molar-refractivity contribution < 1.29 is 27.5 Å². The summed E-state index contributed by atoms with van der Waals surface area (Å²) in [6, 6.07) is 12.0. The number of nitrogens with zero attached hydrogens (tertiary/aromatic N) is 2. The maximum atomic E-state index is 13.3. The lowest BCUT2D eigenvalue weighted by atomic mass is 10.0. The average molecular weight is 618 g/mol. The third-order valence-corrected chi connectivity index (χ3v) is 9.57. The van der Waals surface area contributed by atoms with Gasteiger partial charge in [0.25, 0.3) is 0 Å². The van der Waals surface area contributed by atoms with E-state index in [1.807, 2.05) is 31.2 Å². The summed E-state index contributed by atoms with van der Waals surface area (Å²) in [4.78, 5) is 28.4. The number of hydrogen-bond donors (Lipinski definition) is 3. The first kappa shape index (κ1) is 31.8. The van der Waals surface area contributed by atoms with Crippen molar-refractivity contribution in [2.24, 2.45) is 0 Å². The minimum atomic E-state index is -3.87. The summed E-state index contributed by atoms with van der Waals surface area (Å²) >= 11 is 5.41. The minimum absolute atomic E-state index is 0.137. The van der Waals surface area contributed by atoms with Gasteiger partial charge in [-0.1, -0.05) is 29.8 Å². The Bertz CT molecular complexity index is 1330. The number of rotatable bonds is 11. The number of anilines is 1. The molecule has 2 fully saturated rings. The summed E-state index contributed by atoms with van der Waals surface area (Å²) in [6.45, 7) is 7.05. The molecule has 0 saturated carbocycles. The number of carbonyl (C=O) groups excluding carboxylic acids is 2. The maximum absolute atomic E-state index is 13.3. The van der Waals surface area contributed by atoms with E-state index in [2.05, 4.69) is 20.9 Å². The molecule has 42 heavy (non-hydrogen) atoms. The molecule has 0 unspecified atom stereocenters. The van der Waals surface area contributed by atoms with Crippen LogP contribution in [0, 0.1) is 6.92 Å². The van der Waals surface area contributed by atoms with Crippen LogP contribution in [0.4, 0.5) is 5.69 Å². The topological polar surface area (TPSA) is 129 Å². The first-order chi connectivity index (χ1) is 20.2. The second-order valence-electron chi connectivity index (χ2n) is 10.4. The Hall–Kier alpha value is -3.10. The largest absolute Gasteiger partial charge is 0.467 e. The Balaban J connectivity index is 1.33. The highest BCUT2D eigenvalue weighted by molar-refractivity contribution is 7.89. The molecular weight excluding hydrogens is 578 g/mol. The van der Waals surface area contributed by atoms with Crippen molar-refractivity contribution in [1.29, 1.82) is 0 Å². The number of nitrogens with one attached hydrogen (secondary N) is 3. The van der Waals surface area contributed by atoms with Gasteiger partial charge in [-0.25, -0.2) is 13.2 Å². The Kier molecular flexibility index (Phi) is 11.3. The molecule has 0 spiro atoms. The molecule has 2 aliphatic heterocycles. The number of thiocarbonyl (C=S) groups is 1. The smallest absolute Gasteiger partial charge is 0.328 e. The molecule has 0 radical (unpaired) electrons. The molecule has 0 aromatic heterocycles. The summed E-state index contributed by atoms with van der Waals surface area (Å²) in [5.41, 5.74) is 2.51. The van der Waals surface area contributed by atoms with Crippen LogP contribution in [0.15, 0.2) is 53.4 Å². The second kappa shape index (κ2) is 14.9. The molecule has 2 heterocycles. The number of amides is 1. The number of aryl methyl sites for hydroxylation is 1. The minimum Gasteiger partial charge on any atom is -0.467 e. The number of hydrogen-bond acceptors (Lipinski definition) is 8. The summed E-state index contributed by atoms with van der Waals surface area (Å²) in [5, 5.41) is 9.61. The van der Waals surface area contributed by atoms with Crippen LogP contribution in [-0.4, -0.2) is 99.7 Å². The number of benzene rings is 2. The predicted octanol–water partition coefficient (Wildman–Crippen LogP) is 1.67. The first-order valence-corrected chi connectivity index (χ1v) is 15.9. The van der Waals surface area contributed by atoms with Gasteiger partial charge in [0, 0.05) is 44.8 Å². The summed E-state index contributed by atoms with van der Waals surface area (Å²) in [6.07, 6.45) is 1.09. The highest BCUT2D eigenvalue weighted by atomic mass is 32.2. The van der Waals surface area contributed by atoms with Crippen molar-refractivity contribution >= 4 is 44.9 Å². The number of morpholine rings is 1. The molecule has 2 aliphatic rings. The van der Waals surface area contributed by atoms with E-state index >= 15 is 0 Å². The van der Waals surface area contributed by atoms with Gasteiger partial charge in [0.1, 0.15) is 12.1 Å². The van der Waals surface area contributed by atoms with Crippen LogP contribution in [0.5, 0.6) is 0 Å². The highest BCUT2D eigenvalue weighted by Gasteiger charge is 2.40. The number of esters is 1. The SMILES string of the molecule is COC(=O)[C@H](Cc1ccc(NC(=S)NCCN2CCOCC2)cc1)NC(=O)[C@@H]1CCCN1S(=O)(=O)c1ccc(C)cc1. The van der Waals surface area contributed by atoms with E-state index in [1.165, 1.54) is 11.4 Å². The van der Waals surface area contributed by atoms with Crippen molar-refractivity contribution in [3.8, 4) is 0 Å². The lowest BCUT2D eigenvalue weighted by Gasteiger charge is -2.26. The average Bonchev–Trinajstić information content (AvgIpc) is 3.50. The van der Waals surface area contributed by atoms with E-state index in [0.717, 1.165) is 56.2 Å². The van der Waals surface area contributed by atoms with E-state index < -0.39 is 34.0 Å². The maximum Gasteiger partial charge on any atom is 0.328 e. The van der Waals surface area contributed by atoms with Crippen molar-refractivity contribution in [2.45, 2.75) is 43.2 Å². The van der Waals surface area contributed by atoms with E-state index in [-0.39, 0.29) is 17.9 Å². The van der Waals surface area contributed by atoms with Gasteiger partial charge < -0.3 is 25.4 Å². The van der Waals surface area contributed by atoms with Crippen LogP contribution >= 0.6 is 12.2 Å². The Morgan fingerprint density at radius 3 is 2.43 bits per heavy atom. The van der Waals surface area contributed by atoms with Crippen molar-refractivity contribution in [1.82, 2.24) is 19.8 Å². The Morgan fingerprint density at radius 1 is 1.07 bits per heavy atom. The molecule has 11 nitrogen and oxygen atoms in total. The number of carbonyl (C=O) groups is 2. The molecule has 2 aromatic carbocycles. The van der Waals surface area contributed by atoms with Gasteiger partial charge in [-0.3, -0.25) is 9.69 Å². The molecular formula is C29H39N5O6S2. The first-order valence-electron chi connectivity index (χ1n) is 14.1. The quantitative estimate of drug-likeness (QED) is 0.253. The van der Waals surface area contributed by atoms with Gasteiger partial charge in [-0.2, -0.15) is 4.31 Å². The second-order valence-corrected chi connectivity index (χ2v) is 12.7. The molecule has 228 valence electrons. The molecule has 1 amide bonds.